The Morgan fingerprint density at radius 1 is 0.938 bits per heavy atom. The lowest BCUT2D eigenvalue weighted by atomic mass is 10.1. The lowest BCUT2D eigenvalue weighted by Gasteiger charge is -2.26. The fourth-order valence-electron chi connectivity index (χ4n) is 3.45. The van der Waals surface area contributed by atoms with Gasteiger partial charge in [-0.15, -0.1) is 0 Å². The van der Waals surface area contributed by atoms with Gasteiger partial charge in [0.15, 0.2) is 0 Å². The van der Waals surface area contributed by atoms with E-state index in [2.05, 4.69) is 20.9 Å². The maximum atomic E-state index is 12.5. The van der Waals surface area contributed by atoms with Gasteiger partial charge < -0.3 is 20.7 Å². The van der Waals surface area contributed by atoms with E-state index in [1.807, 2.05) is 31.2 Å². The lowest BCUT2D eigenvalue weighted by Crippen LogP contribution is -2.39. The maximum absolute atomic E-state index is 12.5. The number of ether oxygens (including phenoxy) is 1. The highest BCUT2D eigenvalue weighted by Crippen LogP contribution is 2.17. The Morgan fingerprint density at radius 2 is 1.66 bits per heavy atom. The molecule has 0 aliphatic carbocycles. The van der Waals surface area contributed by atoms with Crippen LogP contribution >= 0.6 is 0 Å². The quantitative estimate of drug-likeness (QED) is 0.434. The predicted molar refractivity (Wildman–Crippen MR) is 124 cm³/mol. The average Bonchev–Trinajstić information content (AvgIpc) is 2.83. The van der Waals surface area contributed by atoms with Crippen molar-refractivity contribution in [2.24, 2.45) is 0 Å². The first kappa shape index (κ1) is 23.4. The molecule has 3 rings (SSSR count). The molecule has 3 N–H and O–H groups in total. The van der Waals surface area contributed by atoms with Crippen LogP contribution < -0.4 is 16.0 Å². The van der Waals surface area contributed by atoms with Crippen LogP contribution in [0.3, 0.4) is 0 Å². The van der Waals surface area contributed by atoms with E-state index in [1.165, 1.54) is 0 Å². The van der Waals surface area contributed by atoms with Crippen molar-refractivity contribution in [3.8, 4) is 0 Å². The highest BCUT2D eigenvalue weighted by atomic mass is 16.5. The van der Waals surface area contributed by atoms with Gasteiger partial charge in [-0.1, -0.05) is 25.1 Å². The van der Waals surface area contributed by atoms with Gasteiger partial charge in [-0.25, -0.2) is 0 Å². The fraction of sp³-hybridized carbons (Fsp3) is 0.375. The molecular formula is C24H30N4O4. The van der Waals surface area contributed by atoms with Crippen molar-refractivity contribution in [1.82, 2.24) is 10.2 Å². The minimum absolute atomic E-state index is 0.234. The Balaban J connectivity index is 1.43. The fourth-order valence-corrected chi connectivity index (χ4v) is 3.45. The first-order valence-corrected chi connectivity index (χ1v) is 11.0. The molecule has 0 bridgehead atoms. The molecule has 0 radical (unpaired) electrons. The molecule has 2 aromatic rings. The number of anilines is 2. The molecule has 3 amide bonds. The summed E-state index contributed by atoms with van der Waals surface area (Å²) in [5, 5.41) is 8.10. The second-order valence-corrected chi connectivity index (χ2v) is 7.56. The van der Waals surface area contributed by atoms with Crippen LogP contribution in [0.2, 0.25) is 0 Å². The monoisotopic (exact) mass is 438 g/mol. The Labute approximate surface area is 188 Å². The van der Waals surface area contributed by atoms with E-state index in [0.717, 1.165) is 56.9 Å². The van der Waals surface area contributed by atoms with E-state index < -0.39 is 11.8 Å². The Hall–Kier alpha value is -3.23. The molecule has 32 heavy (non-hydrogen) atoms. The van der Waals surface area contributed by atoms with Crippen molar-refractivity contribution in [2.45, 2.75) is 19.8 Å². The van der Waals surface area contributed by atoms with Gasteiger partial charge in [0.2, 0.25) is 0 Å². The topological polar surface area (TPSA) is 99.8 Å². The average molecular weight is 439 g/mol. The summed E-state index contributed by atoms with van der Waals surface area (Å²) < 4.78 is 5.30. The number of aryl methyl sites for hydroxylation is 1. The molecule has 1 aliphatic rings. The number of hydrogen-bond donors (Lipinski definition) is 3. The molecule has 0 aromatic heterocycles. The van der Waals surface area contributed by atoms with Crippen molar-refractivity contribution in [1.29, 1.82) is 0 Å². The number of morpholine rings is 1. The molecule has 8 heteroatoms. The second kappa shape index (κ2) is 12.0. The van der Waals surface area contributed by atoms with Crippen LogP contribution in [0, 0.1) is 0 Å². The first-order chi connectivity index (χ1) is 15.6. The summed E-state index contributed by atoms with van der Waals surface area (Å²) in [6.07, 6.45) is 1.58. The molecule has 170 valence electrons. The summed E-state index contributed by atoms with van der Waals surface area (Å²) in [7, 11) is 0. The molecule has 0 atom stereocenters. The van der Waals surface area contributed by atoms with Crippen LogP contribution in [0.5, 0.6) is 0 Å². The lowest BCUT2D eigenvalue weighted by molar-refractivity contribution is -0.136. The highest BCUT2D eigenvalue weighted by Gasteiger charge is 2.15. The van der Waals surface area contributed by atoms with E-state index in [4.69, 9.17) is 4.74 Å². The molecule has 0 spiro atoms. The summed E-state index contributed by atoms with van der Waals surface area (Å²) >= 11 is 0. The Bertz CT molecular complexity index is 924. The number of carbonyl (C=O) groups is 3. The van der Waals surface area contributed by atoms with Crippen LogP contribution in [0.25, 0.3) is 0 Å². The van der Waals surface area contributed by atoms with Gasteiger partial charge in [0.05, 0.1) is 13.2 Å². The van der Waals surface area contributed by atoms with Gasteiger partial charge in [0.25, 0.3) is 5.91 Å². The number of nitrogens with zero attached hydrogens (tertiary/aromatic N) is 1. The zero-order valence-electron chi connectivity index (χ0n) is 18.4. The van der Waals surface area contributed by atoms with Crippen molar-refractivity contribution >= 4 is 29.1 Å². The number of rotatable bonds is 8. The minimum atomic E-state index is -0.731. The summed E-state index contributed by atoms with van der Waals surface area (Å²) in [6.45, 7) is 6.59. The summed E-state index contributed by atoms with van der Waals surface area (Å²) in [5.74, 6) is -1.64. The van der Waals surface area contributed by atoms with Crippen molar-refractivity contribution in [2.75, 3.05) is 50.0 Å². The second-order valence-electron chi connectivity index (χ2n) is 7.56. The van der Waals surface area contributed by atoms with Crippen LogP contribution in [-0.2, 0) is 20.7 Å². The summed E-state index contributed by atoms with van der Waals surface area (Å²) in [4.78, 5) is 38.9. The number of para-hydroxylation sites is 1. The van der Waals surface area contributed by atoms with Gasteiger partial charge in [-0.3, -0.25) is 19.3 Å². The largest absolute Gasteiger partial charge is 0.379 e. The van der Waals surface area contributed by atoms with E-state index in [-0.39, 0.29) is 5.91 Å². The van der Waals surface area contributed by atoms with Crippen molar-refractivity contribution in [3.05, 3.63) is 59.7 Å². The third kappa shape index (κ3) is 6.90. The number of amides is 3. The zero-order valence-corrected chi connectivity index (χ0v) is 18.4. The normalized spacial score (nSPS) is 13.9. The van der Waals surface area contributed by atoms with Gasteiger partial charge in [0, 0.05) is 36.6 Å². The Morgan fingerprint density at radius 3 is 2.38 bits per heavy atom. The molecule has 0 saturated carbocycles. The Kier molecular flexibility index (Phi) is 8.77. The van der Waals surface area contributed by atoms with Crippen LogP contribution in [0.4, 0.5) is 11.4 Å². The third-order valence-corrected chi connectivity index (χ3v) is 5.30. The van der Waals surface area contributed by atoms with E-state index in [9.17, 15) is 14.4 Å². The molecule has 8 nitrogen and oxygen atoms in total. The van der Waals surface area contributed by atoms with Crippen molar-refractivity contribution < 1.29 is 19.1 Å². The highest BCUT2D eigenvalue weighted by molar-refractivity contribution is 6.39. The molecule has 1 aliphatic heterocycles. The van der Waals surface area contributed by atoms with Crippen molar-refractivity contribution in [3.63, 3.8) is 0 Å². The zero-order chi connectivity index (χ0) is 22.8. The SMILES string of the molecule is CCc1ccccc1NC(=O)c1ccc(NC(=O)C(=O)NCCCN2CCOCC2)cc1. The minimum Gasteiger partial charge on any atom is -0.379 e. The van der Waals surface area contributed by atoms with Crippen LogP contribution in [-0.4, -0.2) is 62.0 Å². The standard InChI is InChI=1S/C24H30N4O4/c1-2-18-6-3-4-7-21(18)27-22(29)19-8-10-20(11-9-19)26-24(31)23(30)25-12-5-13-28-14-16-32-17-15-28/h3-4,6-11H,2,5,12-17H2,1H3,(H,25,30)(H,26,31)(H,27,29). The number of hydrogen-bond acceptors (Lipinski definition) is 5. The molecule has 1 saturated heterocycles. The van der Waals surface area contributed by atoms with Crippen LogP contribution in [0.1, 0.15) is 29.3 Å². The molecular weight excluding hydrogens is 408 g/mol. The molecule has 1 heterocycles. The van der Waals surface area contributed by atoms with E-state index in [0.29, 0.717) is 17.8 Å². The predicted octanol–water partition coefficient (Wildman–Crippen LogP) is 2.28. The van der Waals surface area contributed by atoms with Crippen LogP contribution in [0.15, 0.2) is 48.5 Å². The molecule has 2 aromatic carbocycles. The van der Waals surface area contributed by atoms with Gasteiger partial charge in [0.1, 0.15) is 0 Å². The van der Waals surface area contributed by atoms with Gasteiger partial charge in [-0.05, 0) is 55.3 Å². The summed E-state index contributed by atoms with van der Waals surface area (Å²) in [5.41, 5.74) is 2.74. The maximum Gasteiger partial charge on any atom is 0.313 e. The number of carbonyl (C=O) groups excluding carboxylic acids is 3. The smallest absolute Gasteiger partial charge is 0.313 e. The number of benzene rings is 2. The third-order valence-electron chi connectivity index (χ3n) is 5.30. The first-order valence-electron chi connectivity index (χ1n) is 11.0. The van der Waals surface area contributed by atoms with Gasteiger partial charge >= 0.3 is 11.8 Å². The van der Waals surface area contributed by atoms with E-state index in [1.54, 1.807) is 24.3 Å². The molecule has 0 unspecified atom stereocenters. The van der Waals surface area contributed by atoms with E-state index >= 15 is 0 Å². The number of nitrogens with one attached hydrogen (secondary N) is 3. The molecule has 1 fully saturated rings. The summed E-state index contributed by atoms with van der Waals surface area (Å²) in [6, 6.07) is 14.1. The van der Waals surface area contributed by atoms with Gasteiger partial charge in [-0.2, -0.15) is 0 Å².